The van der Waals surface area contributed by atoms with Crippen molar-refractivity contribution in [1.29, 1.82) is 0 Å². The molecule has 0 aliphatic rings. The van der Waals surface area contributed by atoms with Crippen LogP contribution in [0, 0.1) is 0 Å². The van der Waals surface area contributed by atoms with Gasteiger partial charge in [0.15, 0.2) is 0 Å². The second-order valence-electron chi connectivity index (χ2n) is 4.82. The topological polar surface area (TPSA) is 40.5 Å². The minimum Gasteiger partial charge on any atom is -0.480 e. The van der Waals surface area contributed by atoms with E-state index in [2.05, 4.69) is 13.8 Å². The van der Waals surface area contributed by atoms with Crippen LogP contribution in [0.1, 0.15) is 50.8 Å². The lowest BCUT2D eigenvalue weighted by Crippen LogP contribution is -2.34. The maximum atomic E-state index is 11.6. The molecule has 0 spiro atoms. The number of hydrogen-bond acceptors (Lipinski definition) is 2. The highest BCUT2D eigenvalue weighted by Gasteiger charge is 2.25. The molecule has 3 heteroatoms. The number of rotatable bonds is 8. The van der Waals surface area contributed by atoms with E-state index in [4.69, 9.17) is 0 Å². The predicted octanol–water partition coefficient (Wildman–Crippen LogP) is 3.50. The predicted molar refractivity (Wildman–Crippen MR) is 78.4 cm³/mol. The third-order valence-corrected chi connectivity index (χ3v) is 3.51. The Labute approximate surface area is 116 Å². The first-order valence-corrected chi connectivity index (χ1v) is 7.19. The zero-order valence-corrected chi connectivity index (χ0v) is 12.2. The van der Waals surface area contributed by atoms with Crippen molar-refractivity contribution in [2.75, 3.05) is 13.1 Å². The molecule has 0 heterocycles. The molecule has 106 valence electrons. The van der Waals surface area contributed by atoms with Crippen LogP contribution in [-0.2, 0) is 11.2 Å². The van der Waals surface area contributed by atoms with Crippen LogP contribution in [0.15, 0.2) is 24.3 Å². The SMILES string of the molecule is CCCCN(CC)C(C(=O)O)c1ccc(CC)cc1. The number of hydrogen-bond donors (Lipinski definition) is 1. The molecule has 0 aromatic heterocycles. The van der Waals surface area contributed by atoms with Gasteiger partial charge in [-0.25, -0.2) is 0 Å². The number of nitrogens with zero attached hydrogens (tertiary/aromatic N) is 1. The Hall–Kier alpha value is -1.35. The molecule has 19 heavy (non-hydrogen) atoms. The zero-order chi connectivity index (χ0) is 14.3. The van der Waals surface area contributed by atoms with Crippen LogP contribution < -0.4 is 0 Å². The highest BCUT2D eigenvalue weighted by atomic mass is 16.4. The van der Waals surface area contributed by atoms with Crippen molar-refractivity contribution in [3.8, 4) is 0 Å². The summed E-state index contributed by atoms with van der Waals surface area (Å²) in [5.74, 6) is -0.762. The molecule has 1 N–H and O–H groups in total. The van der Waals surface area contributed by atoms with Crippen LogP contribution >= 0.6 is 0 Å². The molecule has 0 amide bonds. The standard InChI is InChI=1S/C16H25NO2/c1-4-7-12-17(6-3)15(16(18)19)14-10-8-13(5-2)9-11-14/h8-11,15H,4-7,12H2,1-3H3,(H,18,19). The molecule has 1 unspecified atom stereocenters. The number of aryl methyl sites for hydroxylation is 1. The summed E-state index contributed by atoms with van der Waals surface area (Å²) in [5, 5.41) is 9.51. The first-order valence-electron chi connectivity index (χ1n) is 7.19. The van der Waals surface area contributed by atoms with Gasteiger partial charge in [0.1, 0.15) is 6.04 Å². The van der Waals surface area contributed by atoms with Gasteiger partial charge in [-0.3, -0.25) is 9.69 Å². The number of aliphatic carboxylic acids is 1. The van der Waals surface area contributed by atoms with Gasteiger partial charge in [-0.2, -0.15) is 0 Å². The highest BCUT2D eigenvalue weighted by molar-refractivity contribution is 5.75. The third-order valence-electron chi connectivity index (χ3n) is 3.51. The molecule has 0 saturated heterocycles. The lowest BCUT2D eigenvalue weighted by molar-refractivity contribution is -0.143. The lowest BCUT2D eigenvalue weighted by atomic mass is 10.0. The van der Waals surface area contributed by atoms with Gasteiger partial charge in [0.05, 0.1) is 0 Å². The number of carboxylic acids is 1. The van der Waals surface area contributed by atoms with Crippen molar-refractivity contribution in [3.63, 3.8) is 0 Å². The number of carbonyl (C=O) groups is 1. The van der Waals surface area contributed by atoms with Crippen molar-refractivity contribution in [3.05, 3.63) is 35.4 Å². The maximum Gasteiger partial charge on any atom is 0.325 e. The molecule has 1 rings (SSSR count). The molecule has 1 aromatic rings. The van der Waals surface area contributed by atoms with E-state index >= 15 is 0 Å². The Bertz CT molecular complexity index is 386. The van der Waals surface area contributed by atoms with E-state index in [1.807, 2.05) is 36.1 Å². The Morgan fingerprint density at radius 1 is 1.21 bits per heavy atom. The van der Waals surface area contributed by atoms with Gasteiger partial charge in [0, 0.05) is 0 Å². The number of benzene rings is 1. The normalized spacial score (nSPS) is 12.6. The van der Waals surface area contributed by atoms with Crippen LogP contribution in [0.25, 0.3) is 0 Å². The Balaban J connectivity index is 2.93. The molecule has 0 bridgehead atoms. The van der Waals surface area contributed by atoms with Crippen molar-refractivity contribution in [1.82, 2.24) is 4.90 Å². The molecule has 0 aliphatic carbocycles. The summed E-state index contributed by atoms with van der Waals surface area (Å²) in [4.78, 5) is 13.6. The largest absolute Gasteiger partial charge is 0.480 e. The summed E-state index contributed by atoms with van der Waals surface area (Å²) < 4.78 is 0. The fraction of sp³-hybridized carbons (Fsp3) is 0.562. The first kappa shape index (κ1) is 15.7. The fourth-order valence-electron chi connectivity index (χ4n) is 2.28. The van der Waals surface area contributed by atoms with E-state index < -0.39 is 12.0 Å². The van der Waals surface area contributed by atoms with Crippen LogP contribution in [0.3, 0.4) is 0 Å². The molecule has 1 aromatic carbocycles. The monoisotopic (exact) mass is 263 g/mol. The van der Waals surface area contributed by atoms with E-state index in [1.54, 1.807) is 0 Å². The van der Waals surface area contributed by atoms with E-state index in [0.717, 1.165) is 37.9 Å². The second-order valence-corrected chi connectivity index (χ2v) is 4.82. The number of carboxylic acid groups (broad SMARTS) is 1. The summed E-state index contributed by atoms with van der Waals surface area (Å²) in [5.41, 5.74) is 2.12. The summed E-state index contributed by atoms with van der Waals surface area (Å²) in [6, 6.07) is 7.43. The quantitative estimate of drug-likeness (QED) is 0.780. The first-order chi connectivity index (χ1) is 9.13. The fourth-order valence-corrected chi connectivity index (χ4v) is 2.28. The van der Waals surface area contributed by atoms with Crippen LogP contribution in [0.4, 0.5) is 0 Å². The summed E-state index contributed by atoms with van der Waals surface area (Å²) in [6.07, 6.45) is 3.09. The molecule has 0 saturated carbocycles. The van der Waals surface area contributed by atoms with Gasteiger partial charge < -0.3 is 5.11 Å². The van der Waals surface area contributed by atoms with Crippen LogP contribution in [0.2, 0.25) is 0 Å². The smallest absolute Gasteiger partial charge is 0.325 e. The minimum atomic E-state index is -0.762. The maximum absolute atomic E-state index is 11.6. The van der Waals surface area contributed by atoms with Gasteiger partial charge in [0.25, 0.3) is 0 Å². The number of unbranched alkanes of at least 4 members (excludes halogenated alkanes) is 1. The Morgan fingerprint density at radius 2 is 1.84 bits per heavy atom. The second kappa shape index (κ2) is 7.95. The molecule has 0 radical (unpaired) electrons. The zero-order valence-electron chi connectivity index (χ0n) is 12.2. The van der Waals surface area contributed by atoms with E-state index in [9.17, 15) is 9.90 Å². The third kappa shape index (κ3) is 4.35. The lowest BCUT2D eigenvalue weighted by Gasteiger charge is -2.27. The average Bonchev–Trinajstić information content (AvgIpc) is 2.43. The van der Waals surface area contributed by atoms with Gasteiger partial charge in [0.2, 0.25) is 0 Å². The molecule has 0 aliphatic heterocycles. The van der Waals surface area contributed by atoms with Crippen molar-refractivity contribution < 1.29 is 9.90 Å². The van der Waals surface area contributed by atoms with Crippen molar-refractivity contribution in [2.45, 2.75) is 46.1 Å². The summed E-state index contributed by atoms with van der Waals surface area (Å²) in [7, 11) is 0. The van der Waals surface area contributed by atoms with Crippen LogP contribution in [0.5, 0.6) is 0 Å². The Kier molecular flexibility index (Phi) is 6.57. The van der Waals surface area contributed by atoms with E-state index in [1.165, 1.54) is 5.56 Å². The Morgan fingerprint density at radius 3 is 2.26 bits per heavy atom. The van der Waals surface area contributed by atoms with Gasteiger partial charge in [-0.15, -0.1) is 0 Å². The highest BCUT2D eigenvalue weighted by Crippen LogP contribution is 2.22. The van der Waals surface area contributed by atoms with Crippen molar-refractivity contribution >= 4 is 5.97 Å². The molecular formula is C16H25NO2. The van der Waals surface area contributed by atoms with Gasteiger partial charge in [-0.05, 0) is 37.1 Å². The summed E-state index contributed by atoms with van der Waals surface area (Å²) in [6.45, 7) is 7.83. The number of likely N-dealkylation sites (N-methyl/N-ethyl adjacent to an activating group) is 1. The van der Waals surface area contributed by atoms with Crippen LogP contribution in [-0.4, -0.2) is 29.1 Å². The van der Waals surface area contributed by atoms with E-state index in [0.29, 0.717) is 0 Å². The molecule has 0 fully saturated rings. The minimum absolute atomic E-state index is 0.526. The van der Waals surface area contributed by atoms with E-state index in [-0.39, 0.29) is 0 Å². The molecular weight excluding hydrogens is 238 g/mol. The van der Waals surface area contributed by atoms with Crippen molar-refractivity contribution in [2.24, 2.45) is 0 Å². The average molecular weight is 263 g/mol. The molecule has 3 nitrogen and oxygen atoms in total. The van der Waals surface area contributed by atoms with Gasteiger partial charge in [-0.1, -0.05) is 51.5 Å². The molecule has 1 atom stereocenters. The summed E-state index contributed by atoms with van der Waals surface area (Å²) >= 11 is 0. The van der Waals surface area contributed by atoms with Gasteiger partial charge >= 0.3 is 5.97 Å².